The van der Waals surface area contributed by atoms with E-state index < -0.39 is 0 Å². The van der Waals surface area contributed by atoms with Gasteiger partial charge in [-0.3, -0.25) is 0 Å². The van der Waals surface area contributed by atoms with Crippen molar-refractivity contribution < 1.29 is 0 Å². The summed E-state index contributed by atoms with van der Waals surface area (Å²) in [7, 11) is 0. The molecule has 3 unspecified atom stereocenters. The monoisotopic (exact) mass is 318 g/mol. The van der Waals surface area contributed by atoms with Crippen LogP contribution in [0.4, 0.5) is 0 Å². The van der Waals surface area contributed by atoms with E-state index in [9.17, 15) is 0 Å². The Kier molecular flexibility index (Phi) is 4.47. The largest absolute Gasteiger partial charge is 0.0651 e. The summed E-state index contributed by atoms with van der Waals surface area (Å²) in [6.07, 6.45) is 12.2. The van der Waals surface area contributed by atoms with E-state index in [1.165, 1.54) is 32.1 Å². The van der Waals surface area contributed by atoms with Gasteiger partial charge in [-0.15, -0.1) is 0 Å². The van der Waals surface area contributed by atoms with Gasteiger partial charge in [-0.2, -0.15) is 0 Å². The zero-order valence-electron chi connectivity index (χ0n) is 17.0. The molecule has 23 heavy (non-hydrogen) atoms. The maximum absolute atomic E-state index is 2.54. The molecule has 0 saturated heterocycles. The lowest BCUT2D eigenvalue weighted by molar-refractivity contribution is -0.198. The molecule has 3 atom stereocenters. The van der Waals surface area contributed by atoms with Gasteiger partial charge < -0.3 is 0 Å². The highest BCUT2D eigenvalue weighted by atomic mass is 14.7. The lowest BCUT2D eigenvalue weighted by atomic mass is 9.35. The molecule has 0 radical (unpaired) electrons. The van der Waals surface area contributed by atoms with Crippen LogP contribution in [0.15, 0.2) is 0 Å². The Morgan fingerprint density at radius 2 is 1.57 bits per heavy atom. The molecule has 0 amide bonds. The summed E-state index contributed by atoms with van der Waals surface area (Å²) in [5.74, 6) is 4.62. The molecule has 0 aliphatic heterocycles. The minimum atomic E-state index is 0.662. The number of rotatable bonds is 6. The molecule has 0 aromatic carbocycles. The second-order valence-corrected chi connectivity index (χ2v) is 10.9. The molecule has 0 heterocycles. The van der Waals surface area contributed by atoms with E-state index in [0.717, 1.165) is 40.4 Å². The van der Waals surface area contributed by atoms with Crippen LogP contribution in [0.2, 0.25) is 0 Å². The fraction of sp³-hybridized carbons (Fsp3) is 1.00. The quantitative estimate of drug-likeness (QED) is 0.481. The molecule has 4 rings (SSSR count). The van der Waals surface area contributed by atoms with E-state index >= 15 is 0 Å². The minimum Gasteiger partial charge on any atom is -0.0651 e. The molecule has 4 saturated carbocycles. The van der Waals surface area contributed by atoms with Gasteiger partial charge in [0.05, 0.1) is 0 Å². The van der Waals surface area contributed by atoms with Gasteiger partial charge in [0, 0.05) is 0 Å². The van der Waals surface area contributed by atoms with E-state index in [2.05, 4.69) is 48.5 Å². The molecular weight excluding hydrogens is 276 g/mol. The molecule has 4 aliphatic carbocycles. The number of fused-ring (bicyclic) bond motifs is 2. The van der Waals surface area contributed by atoms with E-state index in [1.807, 2.05) is 0 Å². The fourth-order valence-electron chi connectivity index (χ4n) is 7.90. The Labute approximate surface area is 146 Å². The van der Waals surface area contributed by atoms with Crippen molar-refractivity contribution in [3.63, 3.8) is 0 Å². The van der Waals surface area contributed by atoms with Crippen molar-refractivity contribution >= 4 is 0 Å². The molecule has 134 valence electrons. The van der Waals surface area contributed by atoms with Crippen LogP contribution >= 0.6 is 0 Å². The third-order valence-corrected chi connectivity index (χ3v) is 8.97. The van der Waals surface area contributed by atoms with Gasteiger partial charge in [0.15, 0.2) is 0 Å². The topological polar surface area (TPSA) is 0 Å². The molecule has 0 N–H and O–H groups in total. The molecule has 0 spiro atoms. The minimum absolute atomic E-state index is 0.662. The average Bonchev–Trinajstić information content (AvgIpc) is 2.41. The van der Waals surface area contributed by atoms with Crippen molar-refractivity contribution in [3.8, 4) is 0 Å². The predicted octanol–water partition coefficient (Wildman–Crippen LogP) is 7.33. The van der Waals surface area contributed by atoms with E-state index in [1.54, 1.807) is 19.3 Å². The summed E-state index contributed by atoms with van der Waals surface area (Å²) >= 11 is 0. The van der Waals surface area contributed by atoms with Gasteiger partial charge in [-0.25, -0.2) is 0 Å². The maximum Gasteiger partial charge on any atom is -0.0233 e. The standard InChI is InChI=1S/C23H42/c1-8-19-12-23(18(6)7,20(19)16(2)3)15-21-10-9-11-22(13-21,14-21)17(4)5/h16-20H,8-15H2,1-7H3. The van der Waals surface area contributed by atoms with Crippen LogP contribution in [-0.4, -0.2) is 0 Å². The van der Waals surface area contributed by atoms with Crippen molar-refractivity contribution in [1.82, 2.24) is 0 Å². The van der Waals surface area contributed by atoms with Crippen LogP contribution in [0, 0.1) is 45.8 Å². The van der Waals surface area contributed by atoms with Gasteiger partial charge in [0.1, 0.15) is 0 Å². The first-order valence-corrected chi connectivity index (χ1v) is 10.7. The average molecular weight is 319 g/mol. The van der Waals surface area contributed by atoms with Gasteiger partial charge >= 0.3 is 0 Å². The summed E-state index contributed by atoms with van der Waals surface area (Å²) in [5.41, 5.74) is 2.13. The summed E-state index contributed by atoms with van der Waals surface area (Å²) in [6.45, 7) is 17.5. The fourth-order valence-corrected chi connectivity index (χ4v) is 7.90. The van der Waals surface area contributed by atoms with Crippen LogP contribution in [0.25, 0.3) is 0 Å². The molecular formula is C23H42. The number of hydrogen-bond donors (Lipinski definition) is 0. The predicted molar refractivity (Wildman–Crippen MR) is 101 cm³/mol. The molecule has 0 aromatic heterocycles. The molecule has 2 bridgehead atoms. The van der Waals surface area contributed by atoms with Gasteiger partial charge in [0.2, 0.25) is 0 Å². The zero-order valence-corrected chi connectivity index (χ0v) is 17.0. The van der Waals surface area contributed by atoms with Crippen LogP contribution in [0.5, 0.6) is 0 Å². The smallest absolute Gasteiger partial charge is 0.0233 e. The van der Waals surface area contributed by atoms with Crippen LogP contribution in [0.3, 0.4) is 0 Å². The van der Waals surface area contributed by atoms with Crippen molar-refractivity contribution in [2.45, 2.75) is 99.8 Å². The highest BCUT2D eigenvalue weighted by Crippen LogP contribution is 2.73. The summed E-state index contributed by atoms with van der Waals surface area (Å²) in [4.78, 5) is 0. The molecule has 4 fully saturated rings. The Morgan fingerprint density at radius 3 is 2.04 bits per heavy atom. The van der Waals surface area contributed by atoms with Crippen molar-refractivity contribution in [2.24, 2.45) is 45.8 Å². The molecule has 0 heteroatoms. The second kappa shape index (κ2) is 5.77. The van der Waals surface area contributed by atoms with E-state index in [4.69, 9.17) is 0 Å². The van der Waals surface area contributed by atoms with Gasteiger partial charge in [-0.05, 0) is 84.4 Å². The lowest BCUT2D eigenvalue weighted by Crippen LogP contribution is -2.60. The maximum atomic E-state index is 2.54. The van der Waals surface area contributed by atoms with Crippen molar-refractivity contribution in [3.05, 3.63) is 0 Å². The highest BCUT2D eigenvalue weighted by Gasteiger charge is 2.64. The normalized spacial score (nSPS) is 46.2. The summed E-state index contributed by atoms with van der Waals surface area (Å²) in [5, 5.41) is 0. The highest BCUT2D eigenvalue weighted by molar-refractivity contribution is 5.14. The molecule has 4 aliphatic rings. The van der Waals surface area contributed by atoms with Gasteiger partial charge in [0.25, 0.3) is 0 Å². The lowest BCUT2D eigenvalue weighted by Gasteiger charge is -2.69. The Balaban J connectivity index is 1.80. The van der Waals surface area contributed by atoms with E-state index in [-0.39, 0.29) is 0 Å². The van der Waals surface area contributed by atoms with Crippen LogP contribution in [0.1, 0.15) is 99.8 Å². The van der Waals surface area contributed by atoms with Crippen molar-refractivity contribution in [2.75, 3.05) is 0 Å². The van der Waals surface area contributed by atoms with Gasteiger partial charge in [-0.1, -0.05) is 61.3 Å². The molecule has 0 aromatic rings. The first-order valence-electron chi connectivity index (χ1n) is 10.7. The third-order valence-electron chi connectivity index (χ3n) is 8.97. The summed E-state index contributed by atoms with van der Waals surface area (Å²) < 4.78 is 0. The SMILES string of the molecule is CCC1CC(CC23CCCC(C(C)C)(C2)C3)(C(C)C)C1C(C)C. The van der Waals surface area contributed by atoms with Crippen LogP contribution < -0.4 is 0 Å². The molecule has 0 nitrogen and oxygen atoms in total. The second-order valence-electron chi connectivity index (χ2n) is 10.9. The first-order chi connectivity index (χ1) is 10.7. The van der Waals surface area contributed by atoms with E-state index in [0.29, 0.717) is 5.41 Å². The summed E-state index contributed by atoms with van der Waals surface area (Å²) in [6, 6.07) is 0. The zero-order chi connectivity index (χ0) is 17.0. The van der Waals surface area contributed by atoms with Crippen LogP contribution in [-0.2, 0) is 0 Å². The third kappa shape index (κ3) is 2.53. The van der Waals surface area contributed by atoms with Crippen molar-refractivity contribution in [1.29, 1.82) is 0 Å². The first kappa shape index (κ1) is 17.8. The Morgan fingerprint density at radius 1 is 0.913 bits per heavy atom. The Hall–Kier alpha value is 0. The Bertz CT molecular complexity index is 423. The number of hydrogen-bond acceptors (Lipinski definition) is 0.